The first kappa shape index (κ1) is 17.7. The van der Waals surface area contributed by atoms with Crippen LogP contribution < -0.4 is 5.32 Å². The second-order valence-corrected chi connectivity index (χ2v) is 7.38. The number of carbonyl (C=O) groups is 2. The molecule has 0 aromatic carbocycles. The minimum atomic E-state index is -0.291. The number of likely N-dealkylation sites (tertiary alicyclic amines) is 1. The number of pyridine rings is 1. The van der Waals surface area contributed by atoms with Crippen LogP contribution in [0.5, 0.6) is 0 Å². The van der Waals surface area contributed by atoms with Crippen LogP contribution in [0.1, 0.15) is 29.0 Å². The third-order valence-corrected chi connectivity index (χ3v) is 5.73. The van der Waals surface area contributed by atoms with Gasteiger partial charge in [0.1, 0.15) is 0 Å². The summed E-state index contributed by atoms with van der Waals surface area (Å²) in [5.74, 6) is -0.164. The summed E-state index contributed by atoms with van der Waals surface area (Å²) in [6.07, 6.45) is 6.34. The number of aryl methyl sites for hydroxylation is 1. The normalized spacial score (nSPS) is 21.4. The Labute approximate surface area is 157 Å². The van der Waals surface area contributed by atoms with Crippen LogP contribution >= 0.6 is 0 Å². The molecule has 2 fully saturated rings. The average molecular weight is 369 g/mol. The number of carbonyl (C=O) groups excluding carboxylic acids is 2. The van der Waals surface area contributed by atoms with Gasteiger partial charge >= 0.3 is 0 Å². The van der Waals surface area contributed by atoms with Gasteiger partial charge in [0.05, 0.1) is 24.1 Å². The number of hydrogen-bond donors (Lipinski definition) is 1. The quantitative estimate of drug-likeness (QED) is 0.899. The van der Waals surface area contributed by atoms with E-state index in [0.29, 0.717) is 37.8 Å². The molecule has 0 aliphatic carbocycles. The van der Waals surface area contributed by atoms with Crippen LogP contribution in [0, 0.1) is 18.3 Å². The summed E-state index contributed by atoms with van der Waals surface area (Å²) in [7, 11) is 0. The van der Waals surface area contributed by atoms with Gasteiger partial charge in [-0.05, 0) is 38.0 Å². The minimum absolute atomic E-state index is 0.0728. The van der Waals surface area contributed by atoms with E-state index in [1.165, 1.54) is 6.26 Å². The summed E-state index contributed by atoms with van der Waals surface area (Å²) in [5.41, 5.74) is 1.21. The molecule has 2 saturated heterocycles. The van der Waals surface area contributed by atoms with E-state index in [1.54, 1.807) is 29.4 Å². The Balaban J connectivity index is 1.57. The van der Waals surface area contributed by atoms with Gasteiger partial charge < -0.3 is 19.4 Å². The molecule has 1 spiro atoms. The van der Waals surface area contributed by atoms with Gasteiger partial charge in [0.2, 0.25) is 5.91 Å². The zero-order chi connectivity index (χ0) is 18.9. The lowest BCUT2D eigenvalue weighted by atomic mass is 9.71. The Morgan fingerprint density at radius 3 is 2.78 bits per heavy atom. The van der Waals surface area contributed by atoms with E-state index in [2.05, 4.69) is 10.3 Å². The highest BCUT2D eigenvalue weighted by Gasteiger charge is 2.52. The van der Waals surface area contributed by atoms with E-state index in [9.17, 15) is 9.59 Å². The van der Waals surface area contributed by atoms with Crippen molar-refractivity contribution >= 4 is 17.5 Å². The van der Waals surface area contributed by atoms with Crippen LogP contribution in [0.4, 0.5) is 5.69 Å². The van der Waals surface area contributed by atoms with Crippen LogP contribution in [0.25, 0.3) is 0 Å². The largest absolute Gasteiger partial charge is 0.459 e. The number of hydrogen-bond acceptors (Lipinski definition) is 5. The molecule has 1 N–H and O–H groups in total. The highest BCUT2D eigenvalue weighted by atomic mass is 16.5. The number of furan rings is 1. The van der Waals surface area contributed by atoms with Crippen molar-refractivity contribution in [1.82, 2.24) is 9.88 Å². The van der Waals surface area contributed by atoms with E-state index < -0.39 is 0 Å². The number of anilines is 1. The first-order valence-corrected chi connectivity index (χ1v) is 9.21. The van der Waals surface area contributed by atoms with Gasteiger partial charge in [-0.25, -0.2) is 0 Å². The fourth-order valence-corrected chi connectivity index (χ4v) is 4.17. The molecule has 2 amide bonds. The van der Waals surface area contributed by atoms with Gasteiger partial charge in [0.25, 0.3) is 5.91 Å². The molecule has 0 saturated carbocycles. The zero-order valence-corrected chi connectivity index (χ0v) is 15.3. The molecule has 4 heterocycles. The van der Waals surface area contributed by atoms with Crippen molar-refractivity contribution < 1.29 is 18.7 Å². The Morgan fingerprint density at radius 1 is 1.30 bits per heavy atom. The van der Waals surface area contributed by atoms with Crippen molar-refractivity contribution in [2.45, 2.75) is 19.8 Å². The minimum Gasteiger partial charge on any atom is -0.459 e. The number of nitrogens with zero attached hydrogens (tertiary/aromatic N) is 2. The molecule has 2 aliphatic rings. The summed E-state index contributed by atoms with van der Waals surface area (Å²) in [5, 5.41) is 2.96. The zero-order valence-electron chi connectivity index (χ0n) is 15.3. The molecule has 2 aliphatic heterocycles. The molecule has 2 aromatic rings. The van der Waals surface area contributed by atoms with Crippen molar-refractivity contribution in [2.24, 2.45) is 11.3 Å². The molecule has 142 valence electrons. The molecule has 7 heteroatoms. The Hall–Kier alpha value is -2.67. The molecule has 1 atom stereocenters. The summed E-state index contributed by atoms with van der Waals surface area (Å²) in [6, 6.07) is 5.37. The second-order valence-electron chi connectivity index (χ2n) is 7.38. The third kappa shape index (κ3) is 3.35. The standard InChI is InChI=1S/C20H23N3O4/c1-14-4-8-27-17(14)19(25)23-12-16(20(13-23)5-9-26-10-6-20)18(24)22-15-3-2-7-21-11-15/h2-4,7-8,11,16H,5-6,9-10,12-13H2,1H3,(H,22,24)/t16-/m1/s1. The first-order chi connectivity index (χ1) is 13.1. The van der Waals surface area contributed by atoms with Crippen molar-refractivity contribution in [3.63, 3.8) is 0 Å². The first-order valence-electron chi connectivity index (χ1n) is 9.21. The van der Waals surface area contributed by atoms with Crippen LogP contribution in [0.15, 0.2) is 41.3 Å². The van der Waals surface area contributed by atoms with Gasteiger partial charge in [-0.1, -0.05) is 0 Å². The van der Waals surface area contributed by atoms with Crippen molar-refractivity contribution in [3.8, 4) is 0 Å². The molecule has 0 unspecified atom stereocenters. The van der Waals surface area contributed by atoms with Gasteiger partial charge in [-0.3, -0.25) is 14.6 Å². The fraction of sp³-hybridized carbons (Fsp3) is 0.450. The lowest BCUT2D eigenvalue weighted by molar-refractivity contribution is -0.124. The smallest absolute Gasteiger partial charge is 0.289 e. The third-order valence-electron chi connectivity index (χ3n) is 5.73. The maximum atomic E-state index is 13.1. The Morgan fingerprint density at radius 2 is 2.11 bits per heavy atom. The SMILES string of the molecule is Cc1ccoc1C(=O)N1C[C@H](C(=O)Nc2cccnc2)C2(CCOCC2)C1. The molecule has 7 nitrogen and oxygen atoms in total. The molecular weight excluding hydrogens is 346 g/mol. The average Bonchev–Trinajstić information content (AvgIpc) is 3.27. The summed E-state index contributed by atoms with van der Waals surface area (Å²) < 4.78 is 10.9. The van der Waals surface area contributed by atoms with Gasteiger partial charge in [-0.2, -0.15) is 0 Å². The molecule has 0 radical (unpaired) electrons. The van der Waals surface area contributed by atoms with E-state index in [0.717, 1.165) is 18.4 Å². The van der Waals surface area contributed by atoms with Crippen molar-refractivity contribution in [1.29, 1.82) is 0 Å². The van der Waals surface area contributed by atoms with Crippen LogP contribution in [-0.2, 0) is 9.53 Å². The van der Waals surface area contributed by atoms with Gasteiger partial charge in [0.15, 0.2) is 5.76 Å². The monoisotopic (exact) mass is 369 g/mol. The molecule has 4 rings (SSSR count). The van der Waals surface area contributed by atoms with Crippen molar-refractivity contribution in [2.75, 3.05) is 31.6 Å². The number of ether oxygens (including phenoxy) is 1. The number of amides is 2. The van der Waals surface area contributed by atoms with Gasteiger partial charge in [-0.15, -0.1) is 0 Å². The van der Waals surface area contributed by atoms with E-state index >= 15 is 0 Å². The highest BCUT2D eigenvalue weighted by Crippen LogP contribution is 2.45. The maximum absolute atomic E-state index is 13.1. The van der Waals surface area contributed by atoms with E-state index in [-0.39, 0.29) is 23.1 Å². The summed E-state index contributed by atoms with van der Waals surface area (Å²) in [4.78, 5) is 31.8. The summed E-state index contributed by atoms with van der Waals surface area (Å²) in [6.45, 7) is 3.99. The van der Waals surface area contributed by atoms with Crippen LogP contribution in [0.2, 0.25) is 0 Å². The Kier molecular flexibility index (Phi) is 4.70. The predicted octanol–water partition coefficient (Wildman–Crippen LogP) is 2.49. The van der Waals surface area contributed by atoms with Crippen LogP contribution in [-0.4, -0.2) is 48.0 Å². The van der Waals surface area contributed by atoms with E-state index in [4.69, 9.17) is 9.15 Å². The topological polar surface area (TPSA) is 84.7 Å². The second kappa shape index (κ2) is 7.15. The Bertz CT molecular complexity index is 827. The lowest BCUT2D eigenvalue weighted by Crippen LogP contribution is -2.42. The van der Waals surface area contributed by atoms with Crippen LogP contribution in [0.3, 0.4) is 0 Å². The molecule has 0 bridgehead atoms. The number of rotatable bonds is 3. The number of aromatic nitrogens is 1. The maximum Gasteiger partial charge on any atom is 0.289 e. The molecule has 2 aromatic heterocycles. The highest BCUT2D eigenvalue weighted by molar-refractivity contribution is 5.96. The van der Waals surface area contributed by atoms with Gasteiger partial charge in [0, 0.05) is 43.5 Å². The van der Waals surface area contributed by atoms with Crippen molar-refractivity contribution in [3.05, 3.63) is 48.2 Å². The summed E-state index contributed by atoms with van der Waals surface area (Å²) >= 11 is 0. The molecular formula is C20H23N3O4. The number of nitrogens with one attached hydrogen (secondary N) is 1. The van der Waals surface area contributed by atoms with E-state index in [1.807, 2.05) is 13.0 Å². The molecule has 27 heavy (non-hydrogen) atoms. The fourth-order valence-electron chi connectivity index (χ4n) is 4.17. The lowest BCUT2D eigenvalue weighted by Gasteiger charge is -2.37. The predicted molar refractivity (Wildman–Crippen MR) is 98.2 cm³/mol.